The summed E-state index contributed by atoms with van der Waals surface area (Å²) in [5, 5.41) is 3.01. The highest BCUT2D eigenvalue weighted by Gasteiger charge is 2.16. The first-order valence-corrected chi connectivity index (χ1v) is 7.56. The van der Waals surface area contributed by atoms with E-state index in [1.165, 1.54) is 6.07 Å². The van der Waals surface area contributed by atoms with E-state index in [2.05, 4.69) is 10.0 Å². The second-order valence-electron chi connectivity index (χ2n) is 3.99. The molecule has 0 bridgehead atoms. The molecule has 1 rings (SSSR count). The van der Waals surface area contributed by atoms with Gasteiger partial charge in [-0.1, -0.05) is 19.1 Å². The average Bonchev–Trinajstić information content (AvgIpc) is 2.35. The highest BCUT2D eigenvalue weighted by atomic mass is 32.2. The van der Waals surface area contributed by atoms with E-state index in [1.54, 1.807) is 25.1 Å². The molecule has 0 radical (unpaired) electrons. The van der Waals surface area contributed by atoms with Crippen LogP contribution < -0.4 is 15.8 Å². The van der Waals surface area contributed by atoms with Crippen molar-refractivity contribution in [2.24, 2.45) is 5.73 Å². The predicted molar refractivity (Wildman–Crippen MR) is 74.2 cm³/mol. The summed E-state index contributed by atoms with van der Waals surface area (Å²) in [4.78, 5) is 10.8. The van der Waals surface area contributed by atoms with E-state index < -0.39 is 10.0 Å². The summed E-state index contributed by atoms with van der Waals surface area (Å²) in [6.45, 7) is 2.54. The van der Waals surface area contributed by atoms with Crippen LogP contribution in [0.1, 0.15) is 19.8 Å². The maximum atomic E-state index is 12.0. The van der Waals surface area contributed by atoms with Gasteiger partial charge in [-0.15, -0.1) is 0 Å². The van der Waals surface area contributed by atoms with Gasteiger partial charge in [0.05, 0.1) is 5.69 Å². The van der Waals surface area contributed by atoms with Crippen LogP contribution in [-0.2, 0) is 14.8 Å². The molecule has 1 aromatic rings. The van der Waals surface area contributed by atoms with E-state index >= 15 is 0 Å². The number of amides is 1. The first-order chi connectivity index (χ1) is 8.97. The molecule has 0 aliphatic carbocycles. The summed E-state index contributed by atoms with van der Waals surface area (Å²) in [5.74, 6) is -0.365. The predicted octanol–water partition coefficient (Wildman–Crippen LogP) is 0.662. The van der Waals surface area contributed by atoms with Gasteiger partial charge in [-0.05, 0) is 18.6 Å². The SMILES string of the molecule is CCNS(=O)(=O)c1ccccc1NCCCC(N)=O. The van der Waals surface area contributed by atoms with E-state index in [1.807, 2.05) is 0 Å². The molecule has 1 aromatic carbocycles. The standard InChI is InChI=1S/C12H19N3O3S/c1-2-15-19(17,18)11-7-4-3-6-10(11)14-9-5-8-12(13)16/h3-4,6-7,14-15H,2,5,8-9H2,1H3,(H2,13,16). The maximum absolute atomic E-state index is 12.0. The smallest absolute Gasteiger partial charge is 0.242 e. The van der Waals surface area contributed by atoms with E-state index in [9.17, 15) is 13.2 Å². The van der Waals surface area contributed by atoms with Gasteiger partial charge in [0.25, 0.3) is 0 Å². The minimum absolute atomic E-state index is 0.205. The number of rotatable bonds is 8. The molecular formula is C12H19N3O3S. The molecule has 106 valence electrons. The summed E-state index contributed by atoms with van der Waals surface area (Å²) in [5.41, 5.74) is 5.56. The summed E-state index contributed by atoms with van der Waals surface area (Å²) in [6.07, 6.45) is 0.833. The largest absolute Gasteiger partial charge is 0.384 e. The molecule has 1 amide bonds. The zero-order valence-electron chi connectivity index (χ0n) is 10.8. The zero-order valence-corrected chi connectivity index (χ0v) is 11.7. The molecule has 0 atom stereocenters. The highest BCUT2D eigenvalue weighted by molar-refractivity contribution is 7.89. The van der Waals surface area contributed by atoms with Crippen LogP contribution in [0, 0.1) is 0 Å². The Morgan fingerprint density at radius 1 is 1.32 bits per heavy atom. The number of nitrogens with one attached hydrogen (secondary N) is 2. The Hall–Kier alpha value is -1.60. The first-order valence-electron chi connectivity index (χ1n) is 6.08. The molecule has 6 nitrogen and oxygen atoms in total. The van der Waals surface area contributed by atoms with Crippen LogP contribution in [0.25, 0.3) is 0 Å². The molecule has 0 aliphatic rings. The summed E-state index contributed by atoms with van der Waals surface area (Å²) in [7, 11) is -3.50. The normalized spacial score (nSPS) is 11.2. The number of carbonyl (C=O) groups is 1. The number of benzene rings is 1. The lowest BCUT2D eigenvalue weighted by molar-refractivity contribution is -0.118. The molecule has 0 saturated carbocycles. The number of carbonyl (C=O) groups excluding carboxylic acids is 1. The Morgan fingerprint density at radius 3 is 2.63 bits per heavy atom. The number of nitrogens with two attached hydrogens (primary N) is 1. The molecule has 0 aromatic heterocycles. The maximum Gasteiger partial charge on any atom is 0.242 e. The average molecular weight is 285 g/mol. The van der Waals surface area contributed by atoms with Crippen molar-refractivity contribution in [2.45, 2.75) is 24.7 Å². The Balaban J connectivity index is 2.76. The monoisotopic (exact) mass is 285 g/mol. The van der Waals surface area contributed by atoms with Gasteiger partial charge in [0, 0.05) is 19.5 Å². The number of sulfonamides is 1. The molecule has 4 N–H and O–H groups in total. The van der Waals surface area contributed by atoms with E-state index in [0.717, 1.165) is 0 Å². The molecule has 19 heavy (non-hydrogen) atoms. The van der Waals surface area contributed by atoms with E-state index in [4.69, 9.17) is 5.73 Å². The van der Waals surface area contributed by atoms with Crippen LogP contribution in [0.15, 0.2) is 29.2 Å². The van der Waals surface area contributed by atoms with Gasteiger partial charge in [-0.2, -0.15) is 0 Å². The highest BCUT2D eigenvalue weighted by Crippen LogP contribution is 2.20. The fourth-order valence-electron chi connectivity index (χ4n) is 1.60. The van der Waals surface area contributed by atoms with Gasteiger partial charge in [-0.25, -0.2) is 13.1 Å². The zero-order chi connectivity index (χ0) is 14.3. The second-order valence-corrected chi connectivity index (χ2v) is 5.73. The van der Waals surface area contributed by atoms with Gasteiger partial charge in [0.2, 0.25) is 15.9 Å². The topological polar surface area (TPSA) is 101 Å². The Labute approximate surface area is 113 Å². The number of hydrogen-bond acceptors (Lipinski definition) is 4. The van der Waals surface area contributed by atoms with Crippen molar-refractivity contribution in [2.75, 3.05) is 18.4 Å². The van der Waals surface area contributed by atoms with Crippen LogP contribution in [0.4, 0.5) is 5.69 Å². The Morgan fingerprint density at radius 2 is 2.00 bits per heavy atom. The quantitative estimate of drug-likeness (QED) is 0.611. The van der Waals surface area contributed by atoms with Crippen molar-refractivity contribution in [1.29, 1.82) is 0 Å². The van der Waals surface area contributed by atoms with E-state index in [0.29, 0.717) is 25.2 Å². The molecular weight excluding hydrogens is 266 g/mol. The summed E-state index contributed by atoms with van der Waals surface area (Å²) >= 11 is 0. The van der Waals surface area contributed by atoms with Crippen LogP contribution in [-0.4, -0.2) is 27.4 Å². The van der Waals surface area contributed by atoms with Gasteiger partial charge in [0.15, 0.2) is 0 Å². The molecule has 0 aliphatic heterocycles. The molecule has 0 unspecified atom stereocenters. The number of anilines is 1. The molecule has 0 fully saturated rings. The van der Waals surface area contributed by atoms with Gasteiger partial charge < -0.3 is 11.1 Å². The fourth-order valence-corrected chi connectivity index (χ4v) is 2.82. The third-order valence-electron chi connectivity index (χ3n) is 2.43. The number of primary amides is 1. The minimum atomic E-state index is -3.50. The van der Waals surface area contributed by atoms with Crippen molar-refractivity contribution in [3.8, 4) is 0 Å². The van der Waals surface area contributed by atoms with Crippen LogP contribution >= 0.6 is 0 Å². The van der Waals surface area contributed by atoms with Crippen LogP contribution in [0.2, 0.25) is 0 Å². The Kier molecular flexibility index (Phi) is 5.78. The van der Waals surface area contributed by atoms with Crippen molar-refractivity contribution < 1.29 is 13.2 Å². The lowest BCUT2D eigenvalue weighted by atomic mass is 10.2. The molecule has 0 spiro atoms. The van der Waals surface area contributed by atoms with Crippen LogP contribution in [0.5, 0.6) is 0 Å². The lowest BCUT2D eigenvalue weighted by Gasteiger charge is -2.12. The third kappa shape index (κ3) is 4.88. The summed E-state index contributed by atoms with van der Waals surface area (Å²) in [6, 6.07) is 6.64. The van der Waals surface area contributed by atoms with E-state index in [-0.39, 0.29) is 17.2 Å². The van der Waals surface area contributed by atoms with Crippen molar-refractivity contribution in [1.82, 2.24) is 4.72 Å². The molecule has 7 heteroatoms. The molecule has 0 saturated heterocycles. The number of para-hydroxylation sites is 1. The van der Waals surface area contributed by atoms with Gasteiger partial charge >= 0.3 is 0 Å². The fraction of sp³-hybridized carbons (Fsp3) is 0.417. The van der Waals surface area contributed by atoms with Crippen LogP contribution in [0.3, 0.4) is 0 Å². The first kappa shape index (κ1) is 15.5. The Bertz CT molecular complexity index is 529. The van der Waals surface area contributed by atoms with Gasteiger partial charge in [-0.3, -0.25) is 4.79 Å². The van der Waals surface area contributed by atoms with Crippen molar-refractivity contribution in [3.05, 3.63) is 24.3 Å². The summed E-state index contributed by atoms with van der Waals surface area (Å²) < 4.78 is 26.4. The number of hydrogen-bond donors (Lipinski definition) is 3. The lowest BCUT2D eigenvalue weighted by Crippen LogP contribution is -2.24. The van der Waals surface area contributed by atoms with Crippen molar-refractivity contribution in [3.63, 3.8) is 0 Å². The van der Waals surface area contributed by atoms with Crippen molar-refractivity contribution >= 4 is 21.6 Å². The second kappa shape index (κ2) is 7.10. The molecule has 0 heterocycles. The van der Waals surface area contributed by atoms with Gasteiger partial charge in [0.1, 0.15) is 4.90 Å². The minimum Gasteiger partial charge on any atom is -0.384 e. The third-order valence-corrected chi connectivity index (χ3v) is 4.03.